The molecule has 0 amide bonds. The molecular formula is C23H25ClO3. The fourth-order valence-electron chi connectivity index (χ4n) is 4.65. The van der Waals surface area contributed by atoms with Gasteiger partial charge in [0, 0.05) is 17.0 Å². The minimum atomic E-state index is -0.266. The summed E-state index contributed by atoms with van der Waals surface area (Å²) in [5.41, 5.74) is 1.22. The van der Waals surface area contributed by atoms with Gasteiger partial charge in [-0.2, -0.15) is 0 Å². The van der Waals surface area contributed by atoms with Crippen LogP contribution >= 0.6 is 11.6 Å². The molecule has 1 aliphatic heterocycles. The molecule has 1 aromatic carbocycles. The minimum Gasteiger partial charge on any atom is -0.487 e. The maximum absolute atomic E-state index is 12.8. The second-order valence-corrected chi connectivity index (χ2v) is 8.85. The van der Waals surface area contributed by atoms with Gasteiger partial charge in [-0.05, 0) is 61.8 Å². The van der Waals surface area contributed by atoms with Gasteiger partial charge in [0.25, 0.3) is 0 Å². The van der Waals surface area contributed by atoms with Gasteiger partial charge in [-0.3, -0.25) is 0 Å². The molecule has 1 saturated carbocycles. The van der Waals surface area contributed by atoms with Crippen LogP contribution in [0.3, 0.4) is 0 Å². The van der Waals surface area contributed by atoms with Crippen LogP contribution in [0.1, 0.15) is 62.8 Å². The lowest BCUT2D eigenvalue weighted by Crippen LogP contribution is -2.46. The molecule has 0 radical (unpaired) electrons. The highest BCUT2D eigenvalue weighted by atomic mass is 35.5. The molecule has 4 rings (SSSR count). The van der Waals surface area contributed by atoms with E-state index >= 15 is 0 Å². The minimum absolute atomic E-state index is 0.190. The average Bonchev–Trinajstić information content (AvgIpc) is 2.58. The van der Waals surface area contributed by atoms with Crippen molar-refractivity contribution >= 4 is 23.8 Å². The molecule has 0 N–H and O–H groups in total. The summed E-state index contributed by atoms with van der Waals surface area (Å²) in [5.74, 6) is 2.45. The number of benzene rings is 1. The van der Waals surface area contributed by atoms with Crippen molar-refractivity contribution in [2.75, 3.05) is 0 Å². The van der Waals surface area contributed by atoms with E-state index in [2.05, 4.69) is 20.8 Å². The Labute approximate surface area is 165 Å². The van der Waals surface area contributed by atoms with E-state index < -0.39 is 0 Å². The van der Waals surface area contributed by atoms with Gasteiger partial charge in [-0.25, -0.2) is 4.79 Å². The molecule has 0 saturated heterocycles. The SMILES string of the molecule is CC(C)[C@H]1CC[C@@]2(C)C[C@@H]1c1c(cc(/C=C/c3cccc(Cl)c3)oc1=O)O2. The van der Waals surface area contributed by atoms with Crippen LogP contribution < -0.4 is 10.4 Å². The van der Waals surface area contributed by atoms with Crippen molar-refractivity contribution in [3.8, 4) is 5.75 Å². The number of fused-ring (bicyclic) bond motifs is 4. The summed E-state index contributed by atoms with van der Waals surface area (Å²) in [6.07, 6.45) is 6.70. The molecule has 2 heterocycles. The summed E-state index contributed by atoms with van der Waals surface area (Å²) < 4.78 is 11.9. The van der Waals surface area contributed by atoms with Gasteiger partial charge >= 0.3 is 5.63 Å². The van der Waals surface area contributed by atoms with E-state index in [0.29, 0.717) is 28.4 Å². The number of hydrogen-bond acceptors (Lipinski definition) is 3. The molecule has 4 heteroatoms. The summed E-state index contributed by atoms with van der Waals surface area (Å²) in [7, 11) is 0. The quantitative estimate of drug-likeness (QED) is 0.636. The van der Waals surface area contributed by atoms with Crippen LogP contribution in [-0.2, 0) is 0 Å². The highest BCUT2D eigenvalue weighted by Gasteiger charge is 2.47. The van der Waals surface area contributed by atoms with Crippen molar-refractivity contribution in [2.45, 2.75) is 51.6 Å². The number of halogens is 1. The third-order valence-corrected chi connectivity index (χ3v) is 6.25. The standard InChI is InChI=1S/C23H25ClO3/c1-14(2)18-9-10-23(3)13-19(18)21-20(27-23)12-17(26-22(21)25)8-7-15-5-4-6-16(24)11-15/h4-8,11-12,14,18-19H,9-10,13H2,1-3H3/b8-7+/t18-,19+,23+/m1/s1. The first-order valence-corrected chi connectivity index (χ1v) is 10.0. The topological polar surface area (TPSA) is 39.4 Å². The number of rotatable bonds is 3. The molecule has 1 aliphatic carbocycles. The molecule has 0 unspecified atom stereocenters. The van der Waals surface area contributed by atoms with Crippen LogP contribution in [0.5, 0.6) is 5.75 Å². The molecule has 27 heavy (non-hydrogen) atoms. The highest BCUT2D eigenvalue weighted by Crippen LogP contribution is 2.52. The zero-order valence-corrected chi connectivity index (χ0v) is 16.8. The van der Waals surface area contributed by atoms with Crippen LogP contribution in [0, 0.1) is 11.8 Å². The lowest BCUT2D eigenvalue weighted by atomic mass is 9.64. The molecule has 1 fully saturated rings. The van der Waals surface area contributed by atoms with E-state index in [-0.39, 0.29) is 17.1 Å². The summed E-state index contributed by atoms with van der Waals surface area (Å²) in [5, 5.41) is 0.674. The smallest absolute Gasteiger partial charge is 0.343 e. The molecule has 0 spiro atoms. The summed E-state index contributed by atoms with van der Waals surface area (Å²) in [4.78, 5) is 12.8. The Bertz CT molecular complexity index is 943. The van der Waals surface area contributed by atoms with Crippen LogP contribution in [0.4, 0.5) is 0 Å². The van der Waals surface area contributed by atoms with Gasteiger partial charge in [0.15, 0.2) is 0 Å². The third kappa shape index (κ3) is 3.58. The van der Waals surface area contributed by atoms with Crippen LogP contribution in [0.25, 0.3) is 12.2 Å². The summed E-state index contributed by atoms with van der Waals surface area (Å²) in [6, 6.07) is 9.40. The molecule has 1 aromatic heterocycles. The summed E-state index contributed by atoms with van der Waals surface area (Å²) in [6.45, 7) is 6.65. The van der Waals surface area contributed by atoms with E-state index in [1.807, 2.05) is 36.4 Å². The van der Waals surface area contributed by atoms with Crippen molar-refractivity contribution in [2.24, 2.45) is 11.8 Å². The number of hydrogen-bond donors (Lipinski definition) is 0. The molecule has 2 bridgehead atoms. The van der Waals surface area contributed by atoms with Crippen LogP contribution in [0.15, 0.2) is 39.5 Å². The first-order chi connectivity index (χ1) is 12.8. The molecule has 3 atom stereocenters. The van der Waals surface area contributed by atoms with Crippen LogP contribution in [0.2, 0.25) is 5.02 Å². The van der Waals surface area contributed by atoms with Gasteiger partial charge in [0.05, 0.1) is 5.56 Å². The van der Waals surface area contributed by atoms with Gasteiger partial charge < -0.3 is 9.15 Å². The third-order valence-electron chi connectivity index (χ3n) is 6.02. The van der Waals surface area contributed by atoms with Gasteiger partial charge in [0.1, 0.15) is 17.1 Å². The van der Waals surface area contributed by atoms with E-state index in [0.717, 1.165) is 30.4 Å². The van der Waals surface area contributed by atoms with Crippen molar-refractivity contribution in [1.29, 1.82) is 0 Å². The molecular weight excluding hydrogens is 360 g/mol. The van der Waals surface area contributed by atoms with E-state index in [1.165, 1.54) is 0 Å². The largest absolute Gasteiger partial charge is 0.487 e. The van der Waals surface area contributed by atoms with Crippen molar-refractivity contribution in [1.82, 2.24) is 0 Å². The van der Waals surface area contributed by atoms with Crippen molar-refractivity contribution in [3.05, 3.63) is 62.7 Å². The fourth-order valence-corrected chi connectivity index (χ4v) is 4.85. The zero-order chi connectivity index (χ0) is 19.2. The fraction of sp³-hybridized carbons (Fsp3) is 0.435. The average molecular weight is 385 g/mol. The van der Waals surface area contributed by atoms with Crippen molar-refractivity contribution < 1.29 is 9.15 Å². The lowest BCUT2D eigenvalue weighted by Gasteiger charge is -2.48. The zero-order valence-electron chi connectivity index (χ0n) is 16.0. The first kappa shape index (κ1) is 18.4. The Morgan fingerprint density at radius 3 is 2.81 bits per heavy atom. The molecule has 3 nitrogen and oxygen atoms in total. The van der Waals surface area contributed by atoms with E-state index in [1.54, 1.807) is 6.08 Å². The molecule has 142 valence electrons. The van der Waals surface area contributed by atoms with E-state index in [4.69, 9.17) is 20.8 Å². The Morgan fingerprint density at radius 1 is 1.26 bits per heavy atom. The van der Waals surface area contributed by atoms with Gasteiger partial charge in [-0.15, -0.1) is 0 Å². The number of ether oxygens (including phenoxy) is 1. The maximum atomic E-state index is 12.8. The second kappa shape index (κ2) is 6.87. The summed E-state index contributed by atoms with van der Waals surface area (Å²) >= 11 is 6.03. The maximum Gasteiger partial charge on any atom is 0.343 e. The predicted octanol–water partition coefficient (Wildman–Crippen LogP) is 6.15. The van der Waals surface area contributed by atoms with Crippen molar-refractivity contribution in [3.63, 3.8) is 0 Å². The van der Waals surface area contributed by atoms with Gasteiger partial charge in [-0.1, -0.05) is 43.7 Å². The molecule has 2 aliphatic rings. The molecule has 2 aromatic rings. The Kier molecular flexibility index (Phi) is 4.67. The van der Waals surface area contributed by atoms with Gasteiger partial charge in [0.2, 0.25) is 0 Å². The van der Waals surface area contributed by atoms with E-state index in [9.17, 15) is 4.79 Å². The highest BCUT2D eigenvalue weighted by molar-refractivity contribution is 6.30. The normalized spacial score (nSPS) is 26.9. The lowest BCUT2D eigenvalue weighted by molar-refractivity contribution is -0.00977. The van der Waals surface area contributed by atoms with Crippen LogP contribution in [-0.4, -0.2) is 5.60 Å². The monoisotopic (exact) mass is 384 g/mol. The first-order valence-electron chi connectivity index (χ1n) is 9.65. The Balaban J connectivity index is 1.72. The Morgan fingerprint density at radius 2 is 2.07 bits per heavy atom. The Hall–Kier alpha value is -2.00. The predicted molar refractivity (Wildman–Crippen MR) is 109 cm³/mol. The second-order valence-electron chi connectivity index (χ2n) is 8.41.